The van der Waals surface area contributed by atoms with Gasteiger partial charge < -0.3 is 20.3 Å². The quantitative estimate of drug-likeness (QED) is 0.498. The summed E-state index contributed by atoms with van der Waals surface area (Å²) in [6, 6.07) is 10.9. The average molecular weight is 438 g/mol. The van der Waals surface area contributed by atoms with Gasteiger partial charge in [-0.1, -0.05) is 6.07 Å². The molecule has 1 aliphatic heterocycles. The van der Waals surface area contributed by atoms with Gasteiger partial charge in [-0.25, -0.2) is 9.78 Å². The molecular weight excluding hydrogens is 420 g/mol. The first-order valence-corrected chi connectivity index (χ1v) is 10.1. The predicted molar refractivity (Wildman–Crippen MR) is 122 cm³/mol. The van der Waals surface area contributed by atoms with Gasteiger partial charge in [0.15, 0.2) is 0 Å². The van der Waals surface area contributed by atoms with Gasteiger partial charge in [0, 0.05) is 24.3 Å². The maximum absolute atomic E-state index is 13.0. The van der Waals surface area contributed by atoms with Crippen molar-refractivity contribution in [1.29, 1.82) is 5.26 Å². The molecule has 0 radical (unpaired) electrons. The number of aryl methyl sites for hydroxylation is 1. The monoisotopic (exact) mass is 438 g/mol. The molecule has 162 valence electrons. The van der Waals surface area contributed by atoms with E-state index in [2.05, 4.69) is 16.0 Å². The lowest BCUT2D eigenvalue weighted by Crippen LogP contribution is -2.21. The molecule has 1 aliphatic rings. The zero-order valence-corrected chi connectivity index (χ0v) is 17.6. The van der Waals surface area contributed by atoms with Crippen molar-refractivity contribution in [2.75, 3.05) is 10.6 Å². The van der Waals surface area contributed by atoms with Crippen molar-refractivity contribution in [3.05, 3.63) is 87.1 Å². The molecule has 1 aromatic carbocycles. The molecule has 0 saturated carbocycles. The Balaban J connectivity index is 1.80. The summed E-state index contributed by atoms with van der Waals surface area (Å²) >= 11 is 0. The Morgan fingerprint density at radius 1 is 1.21 bits per heavy atom. The molecule has 3 aromatic heterocycles. The lowest BCUT2D eigenvalue weighted by Gasteiger charge is -2.21. The van der Waals surface area contributed by atoms with E-state index in [9.17, 15) is 20.0 Å². The first-order chi connectivity index (χ1) is 15.9. The third-order valence-electron chi connectivity index (χ3n) is 5.86. The van der Waals surface area contributed by atoms with E-state index in [4.69, 9.17) is 5.73 Å². The predicted octanol–water partition coefficient (Wildman–Crippen LogP) is 2.76. The fraction of sp³-hybridized carbons (Fsp3) is 0.125. The zero-order valence-electron chi connectivity index (χ0n) is 17.6. The standard InChI is InChI=1S/C24H18N6O3/c1-13-5-22(26)28-9-21(13)30-11-17(24(32)33)23(31)16-6-15(8-25)19(7-20(16)30)29-10-14-3-2-4-27-18(14)12-29/h2-7,9,11H,10,12H2,1H3,(H2,26,28)(H,32,33). The number of hydrogen-bond donors (Lipinski definition) is 2. The Hall–Kier alpha value is -4.71. The van der Waals surface area contributed by atoms with Crippen LogP contribution in [0.1, 0.15) is 32.7 Å². The van der Waals surface area contributed by atoms with Crippen LogP contribution in [0.5, 0.6) is 0 Å². The van der Waals surface area contributed by atoms with Crippen LogP contribution < -0.4 is 16.1 Å². The number of anilines is 2. The molecular formula is C24H18N6O3. The summed E-state index contributed by atoms with van der Waals surface area (Å²) < 4.78 is 1.62. The first kappa shape index (κ1) is 20.2. The van der Waals surface area contributed by atoms with Gasteiger partial charge in [0.05, 0.1) is 40.9 Å². The van der Waals surface area contributed by atoms with E-state index in [0.717, 1.165) is 16.8 Å². The maximum Gasteiger partial charge on any atom is 0.341 e. The summed E-state index contributed by atoms with van der Waals surface area (Å²) in [5.74, 6) is -1.02. The third-order valence-corrected chi connectivity index (χ3v) is 5.86. The molecule has 0 aliphatic carbocycles. The number of hydrogen-bond acceptors (Lipinski definition) is 7. The zero-order chi connectivity index (χ0) is 23.3. The van der Waals surface area contributed by atoms with Gasteiger partial charge in [0.25, 0.3) is 0 Å². The highest BCUT2D eigenvalue weighted by atomic mass is 16.4. The van der Waals surface area contributed by atoms with Crippen LogP contribution in [-0.2, 0) is 13.1 Å². The van der Waals surface area contributed by atoms with E-state index in [1.165, 1.54) is 18.5 Å². The molecule has 0 bridgehead atoms. The first-order valence-electron chi connectivity index (χ1n) is 10.1. The molecule has 0 unspecified atom stereocenters. The van der Waals surface area contributed by atoms with Gasteiger partial charge in [0.1, 0.15) is 17.5 Å². The number of aromatic carboxylic acids is 1. The van der Waals surface area contributed by atoms with Crippen LogP contribution in [0.25, 0.3) is 16.6 Å². The Kier molecular flexibility index (Phi) is 4.57. The van der Waals surface area contributed by atoms with E-state index in [0.29, 0.717) is 35.8 Å². The second-order valence-electron chi connectivity index (χ2n) is 7.91. The number of carboxylic acids is 1. The molecule has 3 N–H and O–H groups in total. The summed E-state index contributed by atoms with van der Waals surface area (Å²) in [7, 11) is 0. The second-order valence-corrected chi connectivity index (χ2v) is 7.91. The van der Waals surface area contributed by atoms with Crippen LogP contribution in [0.15, 0.2) is 53.7 Å². The van der Waals surface area contributed by atoms with Gasteiger partial charge in [-0.05, 0) is 42.3 Å². The van der Waals surface area contributed by atoms with Gasteiger partial charge in [0.2, 0.25) is 5.43 Å². The van der Waals surface area contributed by atoms with Crippen molar-refractivity contribution < 1.29 is 9.90 Å². The normalized spacial score (nSPS) is 12.5. The summed E-state index contributed by atoms with van der Waals surface area (Å²) in [6.45, 7) is 2.92. The fourth-order valence-corrected chi connectivity index (χ4v) is 4.26. The highest BCUT2D eigenvalue weighted by Crippen LogP contribution is 2.33. The molecule has 9 heteroatoms. The van der Waals surface area contributed by atoms with Gasteiger partial charge >= 0.3 is 5.97 Å². The van der Waals surface area contributed by atoms with E-state index in [1.54, 1.807) is 22.9 Å². The van der Waals surface area contributed by atoms with Crippen LogP contribution in [0.3, 0.4) is 0 Å². The molecule has 0 spiro atoms. The minimum absolute atomic E-state index is 0.140. The summed E-state index contributed by atoms with van der Waals surface area (Å²) in [6.07, 6.45) is 4.56. The Morgan fingerprint density at radius 2 is 2.03 bits per heavy atom. The van der Waals surface area contributed by atoms with Crippen molar-refractivity contribution in [3.63, 3.8) is 0 Å². The van der Waals surface area contributed by atoms with Crippen molar-refractivity contribution >= 4 is 28.4 Å². The highest BCUT2D eigenvalue weighted by molar-refractivity contribution is 5.95. The molecule has 4 heterocycles. The average Bonchev–Trinajstić information content (AvgIpc) is 3.23. The number of nitrogen functional groups attached to an aromatic ring is 1. The van der Waals surface area contributed by atoms with Crippen molar-refractivity contribution in [2.45, 2.75) is 20.0 Å². The summed E-state index contributed by atoms with van der Waals surface area (Å²) in [5, 5.41) is 19.6. The van der Waals surface area contributed by atoms with Crippen LogP contribution in [-0.4, -0.2) is 25.6 Å². The number of nitrogens with zero attached hydrogens (tertiary/aromatic N) is 5. The molecule has 0 fully saturated rings. The minimum Gasteiger partial charge on any atom is -0.477 e. The molecule has 0 amide bonds. The lowest BCUT2D eigenvalue weighted by molar-refractivity contribution is 0.0695. The van der Waals surface area contributed by atoms with Crippen LogP contribution >= 0.6 is 0 Å². The van der Waals surface area contributed by atoms with Gasteiger partial charge in [-0.3, -0.25) is 9.78 Å². The Morgan fingerprint density at radius 3 is 2.73 bits per heavy atom. The molecule has 0 saturated heterocycles. The largest absolute Gasteiger partial charge is 0.477 e. The minimum atomic E-state index is -1.35. The molecule has 33 heavy (non-hydrogen) atoms. The molecule has 0 atom stereocenters. The Bertz CT molecular complexity index is 1540. The van der Waals surface area contributed by atoms with E-state index >= 15 is 0 Å². The molecule has 4 aromatic rings. The number of aromatic nitrogens is 3. The summed E-state index contributed by atoms with van der Waals surface area (Å²) in [5.41, 5.74) is 9.48. The molecule has 5 rings (SSSR count). The topological polar surface area (TPSA) is 138 Å². The van der Waals surface area contributed by atoms with Crippen molar-refractivity contribution in [3.8, 4) is 11.8 Å². The SMILES string of the molecule is Cc1cc(N)ncc1-n1cc(C(=O)O)c(=O)c2cc(C#N)c(N3Cc4cccnc4C3)cc21. The number of nitrogens with two attached hydrogens (primary N) is 1. The fourth-order valence-electron chi connectivity index (χ4n) is 4.26. The summed E-state index contributed by atoms with van der Waals surface area (Å²) in [4.78, 5) is 35.4. The van der Waals surface area contributed by atoms with Crippen molar-refractivity contribution in [2.24, 2.45) is 0 Å². The van der Waals surface area contributed by atoms with E-state index in [-0.39, 0.29) is 10.9 Å². The molecule has 9 nitrogen and oxygen atoms in total. The second kappa shape index (κ2) is 7.46. The number of carboxylic acid groups (broad SMARTS) is 1. The lowest BCUT2D eigenvalue weighted by atomic mass is 10.0. The van der Waals surface area contributed by atoms with E-state index in [1.807, 2.05) is 24.0 Å². The van der Waals surface area contributed by atoms with Gasteiger partial charge in [-0.2, -0.15) is 5.26 Å². The van der Waals surface area contributed by atoms with E-state index < -0.39 is 17.0 Å². The highest BCUT2D eigenvalue weighted by Gasteiger charge is 2.25. The smallest absolute Gasteiger partial charge is 0.341 e. The number of pyridine rings is 3. The van der Waals surface area contributed by atoms with Crippen LogP contribution in [0.2, 0.25) is 0 Å². The van der Waals surface area contributed by atoms with Crippen LogP contribution in [0, 0.1) is 18.3 Å². The number of fused-ring (bicyclic) bond motifs is 2. The maximum atomic E-state index is 13.0. The van der Waals surface area contributed by atoms with Crippen LogP contribution in [0.4, 0.5) is 11.5 Å². The number of carbonyl (C=O) groups is 1. The number of rotatable bonds is 3. The third kappa shape index (κ3) is 3.25. The van der Waals surface area contributed by atoms with Gasteiger partial charge in [-0.15, -0.1) is 0 Å². The van der Waals surface area contributed by atoms with Crippen molar-refractivity contribution in [1.82, 2.24) is 14.5 Å². The Labute approximate surface area is 188 Å². The number of nitriles is 1. The number of benzene rings is 1.